The zero-order valence-corrected chi connectivity index (χ0v) is 16.3. The maximum atomic E-state index is 6.35. The molecule has 27 heavy (non-hydrogen) atoms. The van der Waals surface area contributed by atoms with E-state index in [9.17, 15) is 0 Å². The van der Waals surface area contributed by atoms with Crippen molar-refractivity contribution >= 4 is 22.3 Å². The van der Waals surface area contributed by atoms with Crippen LogP contribution in [0.5, 0.6) is 0 Å². The van der Waals surface area contributed by atoms with Gasteiger partial charge in [-0.3, -0.25) is 0 Å². The number of hydrogen-bond donors (Lipinski definition) is 1. The molecule has 2 aromatic heterocycles. The third-order valence-electron chi connectivity index (χ3n) is 5.61. The molecule has 0 bridgehead atoms. The highest BCUT2D eigenvalue weighted by atomic mass is 32.1. The Kier molecular flexibility index (Phi) is 4.35. The van der Waals surface area contributed by atoms with Gasteiger partial charge in [0, 0.05) is 21.9 Å². The Balaban J connectivity index is 1.49. The summed E-state index contributed by atoms with van der Waals surface area (Å²) in [6, 6.07) is 22.2. The summed E-state index contributed by atoms with van der Waals surface area (Å²) in [7, 11) is 0. The van der Waals surface area contributed by atoms with E-state index < -0.39 is 0 Å². The van der Waals surface area contributed by atoms with Crippen LogP contribution in [-0.2, 0) is 6.42 Å². The number of benzene rings is 2. The summed E-state index contributed by atoms with van der Waals surface area (Å²) in [4.78, 5) is 1.31. The van der Waals surface area contributed by atoms with Gasteiger partial charge in [0.1, 0.15) is 11.3 Å². The fourth-order valence-corrected chi connectivity index (χ4v) is 4.94. The first-order valence-electron chi connectivity index (χ1n) is 9.70. The Morgan fingerprint density at radius 2 is 1.96 bits per heavy atom. The standard InChI is InChI=1S/C24H23NOS/c1-16(17-7-3-2-4-8-17)25-21-10-5-9-19-20-15-18(23-11-6-14-27-23)12-13-22(20)26-24(19)21/h2-4,6-8,11-16,21,25H,5,9-10H2,1H3/t16-,21?/m1/s1. The van der Waals surface area contributed by atoms with Crippen molar-refractivity contribution < 1.29 is 4.42 Å². The van der Waals surface area contributed by atoms with Gasteiger partial charge < -0.3 is 9.73 Å². The molecule has 0 spiro atoms. The molecule has 1 N–H and O–H groups in total. The maximum absolute atomic E-state index is 6.35. The predicted octanol–water partition coefficient (Wildman–Crippen LogP) is 6.89. The number of thiophene rings is 1. The van der Waals surface area contributed by atoms with Crippen LogP contribution in [-0.4, -0.2) is 0 Å². The van der Waals surface area contributed by atoms with Gasteiger partial charge in [0.15, 0.2) is 0 Å². The molecule has 0 saturated heterocycles. The molecule has 4 aromatic rings. The van der Waals surface area contributed by atoms with Crippen LogP contribution in [0, 0.1) is 0 Å². The van der Waals surface area contributed by atoms with E-state index in [0.717, 1.165) is 24.2 Å². The SMILES string of the molecule is C[C@@H](NC1CCCc2c1oc1ccc(-c3cccs3)cc21)c1ccccc1. The van der Waals surface area contributed by atoms with Gasteiger partial charge in [0.2, 0.25) is 0 Å². The lowest BCUT2D eigenvalue weighted by Gasteiger charge is -2.26. The normalized spacial score (nSPS) is 17.7. The number of hydrogen-bond acceptors (Lipinski definition) is 3. The van der Waals surface area contributed by atoms with E-state index in [1.165, 1.54) is 33.4 Å². The van der Waals surface area contributed by atoms with Gasteiger partial charge in [-0.15, -0.1) is 11.3 Å². The summed E-state index contributed by atoms with van der Waals surface area (Å²) in [6.45, 7) is 2.24. The van der Waals surface area contributed by atoms with Gasteiger partial charge in [0.25, 0.3) is 0 Å². The van der Waals surface area contributed by atoms with Crippen LogP contribution in [0.1, 0.15) is 48.7 Å². The van der Waals surface area contributed by atoms with Gasteiger partial charge in [-0.2, -0.15) is 0 Å². The van der Waals surface area contributed by atoms with Crippen molar-refractivity contribution in [3.05, 3.63) is 82.9 Å². The Labute approximate surface area is 163 Å². The zero-order chi connectivity index (χ0) is 18.2. The molecule has 2 nitrogen and oxygen atoms in total. The third kappa shape index (κ3) is 3.11. The first kappa shape index (κ1) is 16.8. The Morgan fingerprint density at radius 3 is 2.78 bits per heavy atom. The fraction of sp³-hybridized carbons (Fsp3) is 0.250. The Bertz CT molecular complexity index is 1050. The maximum Gasteiger partial charge on any atom is 0.134 e. The third-order valence-corrected chi connectivity index (χ3v) is 6.53. The Morgan fingerprint density at radius 1 is 1.07 bits per heavy atom. The molecule has 1 unspecified atom stereocenters. The van der Waals surface area contributed by atoms with E-state index in [0.29, 0.717) is 6.04 Å². The molecule has 0 fully saturated rings. The zero-order valence-electron chi connectivity index (χ0n) is 15.4. The summed E-state index contributed by atoms with van der Waals surface area (Å²) in [6.07, 6.45) is 3.43. The molecule has 0 amide bonds. The lowest BCUT2D eigenvalue weighted by atomic mass is 9.91. The highest BCUT2D eigenvalue weighted by Crippen LogP contribution is 2.40. The minimum Gasteiger partial charge on any atom is -0.459 e. The van der Waals surface area contributed by atoms with Gasteiger partial charge in [-0.25, -0.2) is 0 Å². The molecule has 136 valence electrons. The van der Waals surface area contributed by atoms with E-state index >= 15 is 0 Å². The van der Waals surface area contributed by atoms with Crippen LogP contribution in [0.4, 0.5) is 0 Å². The van der Waals surface area contributed by atoms with Crippen molar-refractivity contribution in [2.24, 2.45) is 0 Å². The average Bonchev–Trinajstić information content (AvgIpc) is 3.37. The summed E-state index contributed by atoms with van der Waals surface area (Å²) in [5, 5.41) is 7.22. The van der Waals surface area contributed by atoms with Gasteiger partial charge in [-0.05, 0) is 67.0 Å². The van der Waals surface area contributed by atoms with Gasteiger partial charge in [-0.1, -0.05) is 36.4 Å². The number of furan rings is 1. The lowest BCUT2D eigenvalue weighted by molar-refractivity contribution is 0.353. The predicted molar refractivity (Wildman–Crippen MR) is 113 cm³/mol. The second-order valence-corrected chi connectivity index (χ2v) is 8.32. The van der Waals surface area contributed by atoms with Crippen molar-refractivity contribution in [3.8, 4) is 10.4 Å². The van der Waals surface area contributed by atoms with Crippen molar-refractivity contribution in [3.63, 3.8) is 0 Å². The summed E-state index contributed by atoms with van der Waals surface area (Å²) in [5.41, 5.74) is 5.02. The van der Waals surface area contributed by atoms with E-state index in [1.807, 2.05) is 0 Å². The summed E-state index contributed by atoms with van der Waals surface area (Å²) < 4.78 is 6.35. The lowest BCUT2D eigenvalue weighted by Crippen LogP contribution is -2.27. The number of aryl methyl sites for hydroxylation is 1. The average molecular weight is 374 g/mol. The fourth-order valence-electron chi connectivity index (χ4n) is 4.22. The van der Waals surface area contributed by atoms with E-state index in [4.69, 9.17) is 4.42 Å². The molecule has 0 saturated carbocycles. The van der Waals surface area contributed by atoms with Gasteiger partial charge in [0.05, 0.1) is 6.04 Å². The highest BCUT2D eigenvalue weighted by molar-refractivity contribution is 7.13. The number of rotatable bonds is 4. The molecular formula is C24H23NOS. The smallest absolute Gasteiger partial charge is 0.134 e. The van der Waals surface area contributed by atoms with E-state index in [1.54, 1.807) is 11.3 Å². The minimum atomic E-state index is 0.279. The second kappa shape index (κ2) is 6.99. The number of nitrogens with one attached hydrogen (secondary N) is 1. The molecule has 2 aromatic carbocycles. The number of fused-ring (bicyclic) bond motifs is 3. The van der Waals surface area contributed by atoms with Crippen LogP contribution in [0.25, 0.3) is 21.4 Å². The second-order valence-electron chi connectivity index (χ2n) is 7.38. The molecule has 2 atom stereocenters. The van der Waals surface area contributed by atoms with Crippen molar-refractivity contribution in [1.82, 2.24) is 5.32 Å². The van der Waals surface area contributed by atoms with Crippen LogP contribution in [0.2, 0.25) is 0 Å². The molecule has 1 aliphatic rings. The van der Waals surface area contributed by atoms with E-state index in [2.05, 4.69) is 78.3 Å². The van der Waals surface area contributed by atoms with E-state index in [-0.39, 0.29) is 6.04 Å². The van der Waals surface area contributed by atoms with Crippen molar-refractivity contribution in [2.75, 3.05) is 0 Å². The van der Waals surface area contributed by atoms with Crippen molar-refractivity contribution in [1.29, 1.82) is 0 Å². The van der Waals surface area contributed by atoms with Crippen LogP contribution >= 0.6 is 11.3 Å². The largest absolute Gasteiger partial charge is 0.459 e. The summed E-state index contributed by atoms with van der Waals surface area (Å²) >= 11 is 1.79. The molecule has 1 aliphatic carbocycles. The van der Waals surface area contributed by atoms with Crippen molar-refractivity contribution in [2.45, 2.75) is 38.3 Å². The molecular weight excluding hydrogens is 350 g/mol. The highest BCUT2D eigenvalue weighted by Gasteiger charge is 2.27. The summed E-state index contributed by atoms with van der Waals surface area (Å²) in [5.74, 6) is 1.14. The molecule has 0 radical (unpaired) electrons. The monoisotopic (exact) mass is 373 g/mol. The van der Waals surface area contributed by atoms with Gasteiger partial charge >= 0.3 is 0 Å². The Hall–Kier alpha value is -2.36. The molecule has 2 heterocycles. The molecule has 0 aliphatic heterocycles. The first-order chi connectivity index (χ1) is 13.3. The van der Waals surface area contributed by atoms with Crippen LogP contribution in [0.3, 0.4) is 0 Å². The quantitative estimate of drug-likeness (QED) is 0.421. The van der Waals surface area contributed by atoms with Crippen LogP contribution in [0.15, 0.2) is 70.5 Å². The molecule has 5 rings (SSSR count). The van der Waals surface area contributed by atoms with Crippen LogP contribution < -0.4 is 5.32 Å². The topological polar surface area (TPSA) is 25.2 Å². The minimum absolute atomic E-state index is 0.279. The first-order valence-corrected chi connectivity index (χ1v) is 10.6. The molecule has 3 heteroatoms.